The Morgan fingerprint density at radius 3 is 2.65 bits per heavy atom. The molecule has 1 aliphatic heterocycles. The Labute approximate surface area is 123 Å². The molecular formula is C17H28N2O. The topological polar surface area (TPSA) is 24.5 Å². The Hall–Kier alpha value is -1.06. The Balaban J connectivity index is 1.77. The zero-order chi connectivity index (χ0) is 14.4. The van der Waals surface area contributed by atoms with E-state index in [1.165, 1.54) is 43.5 Å². The van der Waals surface area contributed by atoms with Crippen LogP contribution in [0.3, 0.4) is 0 Å². The van der Waals surface area contributed by atoms with Crippen molar-refractivity contribution >= 4 is 0 Å². The molecule has 1 heterocycles. The third-order valence-corrected chi connectivity index (χ3v) is 4.09. The van der Waals surface area contributed by atoms with Crippen molar-refractivity contribution in [3.8, 4) is 5.75 Å². The fraction of sp³-hybridized carbons (Fsp3) is 0.647. The lowest BCUT2D eigenvalue weighted by Crippen LogP contribution is -2.41. The molecule has 0 amide bonds. The quantitative estimate of drug-likeness (QED) is 0.864. The van der Waals surface area contributed by atoms with Crippen molar-refractivity contribution in [2.75, 3.05) is 26.7 Å². The van der Waals surface area contributed by atoms with Crippen LogP contribution >= 0.6 is 0 Å². The Morgan fingerprint density at radius 1 is 1.25 bits per heavy atom. The van der Waals surface area contributed by atoms with E-state index in [-0.39, 0.29) is 0 Å². The number of aryl methyl sites for hydroxylation is 1. The summed E-state index contributed by atoms with van der Waals surface area (Å²) in [5, 5.41) is 3.63. The maximum absolute atomic E-state index is 5.30. The van der Waals surface area contributed by atoms with Crippen molar-refractivity contribution in [2.24, 2.45) is 0 Å². The van der Waals surface area contributed by atoms with Gasteiger partial charge in [-0.05, 0) is 57.0 Å². The number of likely N-dealkylation sites (tertiary alicyclic amines) is 1. The number of nitrogens with zero attached hydrogens (tertiary/aromatic N) is 1. The molecule has 3 nitrogen and oxygen atoms in total. The number of rotatable bonds is 6. The summed E-state index contributed by atoms with van der Waals surface area (Å²) in [4.78, 5) is 2.58. The third kappa shape index (κ3) is 4.50. The van der Waals surface area contributed by atoms with Crippen LogP contribution in [-0.2, 0) is 6.54 Å². The van der Waals surface area contributed by atoms with Gasteiger partial charge in [-0.3, -0.25) is 0 Å². The van der Waals surface area contributed by atoms with Crippen LogP contribution in [0.1, 0.15) is 37.3 Å². The van der Waals surface area contributed by atoms with Crippen molar-refractivity contribution in [3.63, 3.8) is 0 Å². The molecule has 0 aromatic heterocycles. The predicted molar refractivity (Wildman–Crippen MR) is 84.3 cm³/mol. The first kappa shape index (κ1) is 15.3. The highest BCUT2D eigenvalue weighted by Gasteiger charge is 2.13. The van der Waals surface area contributed by atoms with E-state index in [9.17, 15) is 0 Å². The summed E-state index contributed by atoms with van der Waals surface area (Å²) in [5.74, 6) is 0.968. The van der Waals surface area contributed by atoms with Gasteiger partial charge in [0.2, 0.25) is 0 Å². The second-order valence-corrected chi connectivity index (χ2v) is 5.95. The van der Waals surface area contributed by atoms with Gasteiger partial charge in [0.1, 0.15) is 5.75 Å². The van der Waals surface area contributed by atoms with Crippen molar-refractivity contribution in [3.05, 3.63) is 29.3 Å². The molecule has 3 heteroatoms. The second kappa shape index (κ2) is 7.65. The minimum Gasteiger partial charge on any atom is -0.496 e. The monoisotopic (exact) mass is 276 g/mol. The molecule has 0 bridgehead atoms. The lowest BCUT2D eigenvalue weighted by molar-refractivity contribution is 0.209. The lowest BCUT2D eigenvalue weighted by atomic mass is 10.1. The Kier molecular flexibility index (Phi) is 5.86. The van der Waals surface area contributed by atoms with Crippen LogP contribution in [0, 0.1) is 6.92 Å². The minimum absolute atomic E-state index is 0.538. The molecule has 1 N–H and O–H groups in total. The number of benzene rings is 1. The number of methoxy groups -OCH3 is 1. The molecule has 1 unspecified atom stereocenters. The van der Waals surface area contributed by atoms with Gasteiger partial charge < -0.3 is 15.0 Å². The average molecular weight is 276 g/mol. The largest absolute Gasteiger partial charge is 0.496 e. The molecule has 20 heavy (non-hydrogen) atoms. The van der Waals surface area contributed by atoms with Crippen LogP contribution in [-0.4, -0.2) is 37.7 Å². The maximum Gasteiger partial charge on any atom is 0.121 e. The van der Waals surface area contributed by atoms with E-state index in [0.29, 0.717) is 6.04 Å². The van der Waals surface area contributed by atoms with Gasteiger partial charge in [-0.15, -0.1) is 0 Å². The fourth-order valence-electron chi connectivity index (χ4n) is 2.94. The highest BCUT2D eigenvalue weighted by Crippen LogP contribution is 2.18. The zero-order valence-electron chi connectivity index (χ0n) is 13.1. The van der Waals surface area contributed by atoms with E-state index in [0.717, 1.165) is 18.8 Å². The molecule has 0 spiro atoms. The van der Waals surface area contributed by atoms with E-state index in [2.05, 4.69) is 42.3 Å². The van der Waals surface area contributed by atoms with Gasteiger partial charge in [0.05, 0.1) is 7.11 Å². The van der Waals surface area contributed by atoms with Gasteiger partial charge in [-0.25, -0.2) is 0 Å². The molecule has 0 radical (unpaired) electrons. The summed E-state index contributed by atoms with van der Waals surface area (Å²) in [5.41, 5.74) is 2.53. The normalized spacial score (nSPS) is 17.9. The van der Waals surface area contributed by atoms with E-state index < -0.39 is 0 Å². The van der Waals surface area contributed by atoms with Gasteiger partial charge in [-0.2, -0.15) is 0 Å². The molecule has 1 aromatic carbocycles. The molecule has 112 valence electrons. The summed E-state index contributed by atoms with van der Waals surface area (Å²) in [6.07, 6.45) is 4.14. The average Bonchev–Trinajstić information content (AvgIpc) is 2.46. The molecule has 1 saturated heterocycles. The molecule has 0 saturated carbocycles. The van der Waals surface area contributed by atoms with E-state index in [1.54, 1.807) is 7.11 Å². The van der Waals surface area contributed by atoms with Crippen LogP contribution < -0.4 is 10.1 Å². The molecule has 1 atom stereocenters. The lowest BCUT2D eigenvalue weighted by Gasteiger charge is -2.29. The Morgan fingerprint density at radius 2 is 2.00 bits per heavy atom. The second-order valence-electron chi connectivity index (χ2n) is 5.95. The maximum atomic E-state index is 5.30. The highest BCUT2D eigenvalue weighted by atomic mass is 16.5. The number of hydrogen-bond donors (Lipinski definition) is 1. The Bertz CT molecular complexity index is 413. The number of ether oxygens (including phenoxy) is 1. The molecule has 1 aromatic rings. The van der Waals surface area contributed by atoms with E-state index >= 15 is 0 Å². The standard InChI is InChI=1S/C17H28N2O/c1-14-11-16(7-8-17(14)20-3)12-18-15(2)13-19-9-5-4-6-10-19/h7-8,11,15,18H,4-6,9-10,12-13H2,1-3H3. The first-order valence-electron chi connectivity index (χ1n) is 7.78. The van der Waals surface area contributed by atoms with Gasteiger partial charge >= 0.3 is 0 Å². The SMILES string of the molecule is COc1ccc(CNC(C)CN2CCCCC2)cc1C. The van der Waals surface area contributed by atoms with Crippen LogP contribution in [0.2, 0.25) is 0 Å². The van der Waals surface area contributed by atoms with E-state index in [1.807, 2.05) is 0 Å². The summed E-state index contributed by atoms with van der Waals surface area (Å²) >= 11 is 0. The number of piperidine rings is 1. The van der Waals surface area contributed by atoms with E-state index in [4.69, 9.17) is 4.74 Å². The van der Waals surface area contributed by atoms with Crippen molar-refractivity contribution in [1.29, 1.82) is 0 Å². The van der Waals surface area contributed by atoms with Crippen LogP contribution in [0.4, 0.5) is 0 Å². The van der Waals surface area contributed by atoms with Gasteiger partial charge in [0, 0.05) is 19.1 Å². The van der Waals surface area contributed by atoms with Crippen LogP contribution in [0.5, 0.6) is 5.75 Å². The third-order valence-electron chi connectivity index (χ3n) is 4.09. The van der Waals surface area contributed by atoms with Crippen molar-refractivity contribution < 1.29 is 4.74 Å². The number of hydrogen-bond acceptors (Lipinski definition) is 3. The number of nitrogens with one attached hydrogen (secondary N) is 1. The fourth-order valence-corrected chi connectivity index (χ4v) is 2.94. The van der Waals surface area contributed by atoms with Crippen molar-refractivity contribution in [2.45, 2.75) is 45.7 Å². The van der Waals surface area contributed by atoms with Crippen LogP contribution in [0.25, 0.3) is 0 Å². The molecule has 0 aliphatic carbocycles. The summed E-state index contributed by atoms with van der Waals surface area (Å²) < 4.78 is 5.30. The van der Waals surface area contributed by atoms with Gasteiger partial charge in [0.25, 0.3) is 0 Å². The zero-order valence-corrected chi connectivity index (χ0v) is 13.1. The molecule has 2 rings (SSSR count). The molecule has 1 aliphatic rings. The van der Waals surface area contributed by atoms with Gasteiger partial charge in [-0.1, -0.05) is 18.6 Å². The summed E-state index contributed by atoms with van der Waals surface area (Å²) in [7, 11) is 1.72. The minimum atomic E-state index is 0.538. The summed E-state index contributed by atoms with van der Waals surface area (Å²) in [6.45, 7) is 9.01. The highest BCUT2D eigenvalue weighted by molar-refractivity contribution is 5.36. The van der Waals surface area contributed by atoms with Crippen LogP contribution in [0.15, 0.2) is 18.2 Å². The van der Waals surface area contributed by atoms with Crippen molar-refractivity contribution in [1.82, 2.24) is 10.2 Å². The molecule has 1 fully saturated rings. The smallest absolute Gasteiger partial charge is 0.121 e. The predicted octanol–water partition coefficient (Wildman–Crippen LogP) is 2.97. The molecular weight excluding hydrogens is 248 g/mol. The first-order valence-corrected chi connectivity index (χ1v) is 7.78. The summed E-state index contributed by atoms with van der Waals surface area (Å²) in [6, 6.07) is 6.95. The van der Waals surface area contributed by atoms with Gasteiger partial charge in [0.15, 0.2) is 0 Å². The first-order chi connectivity index (χ1) is 9.69.